The van der Waals surface area contributed by atoms with Crippen LogP contribution in [0.15, 0.2) is 23.4 Å². The minimum atomic E-state index is -3.62. The number of pyridine rings is 1. The number of piperidine rings is 1. The van der Waals surface area contributed by atoms with E-state index in [0.29, 0.717) is 19.0 Å². The average Bonchev–Trinajstić information content (AvgIpc) is 2.48. The molecule has 1 N–H and O–H groups in total. The Balaban J connectivity index is 1.95. The Bertz CT molecular complexity index is 557. The summed E-state index contributed by atoms with van der Waals surface area (Å²) in [6.45, 7) is 5.01. The van der Waals surface area contributed by atoms with Crippen LogP contribution in [-0.4, -0.2) is 43.9 Å². The molecule has 1 saturated heterocycles. The zero-order chi connectivity index (χ0) is 15.3. The van der Waals surface area contributed by atoms with Gasteiger partial charge in [-0.3, -0.25) is 4.98 Å². The third-order valence-electron chi connectivity index (χ3n) is 3.75. The van der Waals surface area contributed by atoms with Crippen molar-refractivity contribution in [1.82, 2.24) is 14.6 Å². The normalized spacial score (nSPS) is 18.0. The summed E-state index contributed by atoms with van der Waals surface area (Å²) in [7, 11) is -3.62. The van der Waals surface area contributed by atoms with Crippen molar-refractivity contribution >= 4 is 10.0 Å². The van der Waals surface area contributed by atoms with Crippen molar-refractivity contribution in [3.63, 3.8) is 0 Å². The average molecular weight is 315 g/mol. The van der Waals surface area contributed by atoms with Crippen molar-refractivity contribution in [2.24, 2.45) is 5.92 Å². The Hall–Kier alpha value is -1.05. The third-order valence-corrected chi connectivity index (χ3v) is 5.61. The Morgan fingerprint density at radius 1 is 1.38 bits per heavy atom. The van der Waals surface area contributed by atoms with Gasteiger partial charge in [0, 0.05) is 19.3 Å². The molecule has 0 atom stereocenters. The second-order valence-corrected chi connectivity index (χ2v) is 7.33. The van der Waals surface area contributed by atoms with Crippen LogP contribution in [0.2, 0.25) is 0 Å². The number of sulfonamides is 1. The van der Waals surface area contributed by atoms with Gasteiger partial charge in [0.25, 0.3) is 0 Å². The minimum Gasteiger partial charge on any atom is -0.316 e. The molecule has 1 aliphatic rings. The lowest BCUT2D eigenvalue weighted by atomic mass is 9.98. The number of aromatic nitrogens is 1. The third kappa shape index (κ3) is 4.21. The van der Waals surface area contributed by atoms with Gasteiger partial charge in [0.15, 0.2) is 0 Å². The van der Waals surface area contributed by atoms with Crippen LogP contribution in [-0.2, 0) is 10.0 Å². The van der Waals surface area contributed by atoms with E-state index in [1.807, 2.05) is 0 Å². The highest BCUT2D eigenvalue weighted by atomic mass is 32.2. The maximum atomic E-state index is 13.1. The molecule has 118 valence electrons. The van der Waals surface area contributed by atoms with Crippen LogP contribution in [0.3, 0.4) is 0 Å². The van der Waals surface area contributed by atoms with E-state index >= 15 is 0 Å². The molecule has 0 saturated carbocycles. The molecule has 0 aromatic carbocycles. The number of nitrogens with zero attached hydrogens (tertiary/aromatic N) is 2. The highest BCUT2D eigenvalue weighted by molar-refractivity contribution is 7.89. The van der Waals surface area contributed by atoms with Crippen LogP contribution >= 0.6 is 0 Å². The van der Waals surface area contributed by atoms with Gasteiger partial charge in [0.1, 0.15) is 10.7 Å². The van der Waals surface area contributed by atoms with Gasteiger partial charge in [0.05, 0.1) is 6.20 Å². The smallest absolute Gasteiger partial charge is 0.244 e. The number of halogens is 1. The van der Waals surface area contributed by atoms with Gasteiger partial charge in [-0.2, -0.15) is 4.31 Å². The quantitative estimate of drug-likeness (QED) is 0.810. The summed E-state index contributed by atoms with van der Waals surface area (Å²) in [5.74, 6) is -0.122. The summed E-state index contributed by atoms with van der Waals surface area (Å²) in [6, 6.07) is 1.03. The van der Waals surface area contributed by atoms with Gasteiger partial charge in [-0.1, -0.05) is 6.92 Å². The second kappa shape index (κ2) is 7.29. The summed E-state index contributed by atoms with van der Waals surface area (Å²) in [4.78, 5) is 3.55. The van der Waals surface area contributed by atoms with Crippen molar-refractivity contribution in [3.05, 3.63) is 24.3 Å². The fourth-order valence-electron chi connectivity index (χ4n) is 2.52. The Morgan fingerprint density at radius 2 is 2.10 bits per heavy atom. The van der Waals surface area contributed by atoms with Crippen LogP contribution in [0.1, 0.15) is 26.2 Å². The van der Waals surface area contributed by atoms with Gasteiger partial charge >= 0.3 is 0 Å². The predicted octanol–water partition coefficient (Wildman–Crippen LogP) is 1.62. The van der Waals surface area contributed by atoms with Crippen molar-refractivity contribution in [2.75, 3.05) is 26.2 Å². The lowest BCUT2D eigenvalue weighted by Crippen LogP contribution is -2.40. The monoisotopic (exact) mass is 315 g/mol. The Kier molecular flexibility index (Phi) is 5.66. The van der Waals surface area contributed by atoms with Crippen molar-refractivity contribution in [1.29, 1.82) is 0 Å². The summed E-state index contributed by atoms with van der Waals surface area (Å²) in [5.41, 5.74) is 0. The van der Waals surface area contributed by atoms with Crippen molar-refractivity contribution in [3.8, 4) is 0 Å². The Morgan fingerprint density at radius 3 is 2.71 bits per heavy atom. The second-order valence-electron chi connectivity index (χ2n) is 5.39. The molecule has 0 radical (unpaired) electrons. The fourth-order valence-corrected chi connectivity index (χ4v) is 3.96. The lowest BCUT2D eigenvalue weighted by molar-refractivity contribution is 0.267. The zero-order valence-electron chi connectivity index (χ0n) is 12.3. The molecule has 2 heterocycles. The highest BCUT2D eigenvalue weighted by Crippen LogP contribution is 2.23. The molecule has 0 aliphatic carbocycles. The van der Waals surface area contributed by atoms with Gasteiger partial charge in [-0.25, -0.2) is 12.8 Å². The molecule has 1 aromatic heterocycles. The molecule has 2 rings (SSSR count). The molecule has 1 aromatic rings. The largest absolute Gasteiger partial charge is 0.316 e. The number of hydrogen-bond acceptors (Lipinski definition) is 4. The fraction of sp³-hybridized carbons (Fsp3) is 0.643. The standard InChI is InChI=1S/C14H22FN3O2S/c1-2-5-16-9-12-3-6-18(7-4-12)21(19,20)14-8-13(15)10-17-11-14/h8,10-12,16H,2-7,9H2,1H3. The first-order valence-electron chi connectivity index (χ1n) is 7.35. The first-order valence-corrected chi connectivity index (χ1v) is 8.79. The van der Waals surface area contributed by atoms with Crippen molar-refractivity contribution < 1.29 is 12.8 Å². The summed E-state index contributed by atoms with van der Waals surface area (Å²) >= 11 is 0. The molecule has 0 bridgehead atoms. The molecular weight excluding hydrogens is 293 g/mol. The maximum Gasteiger partial charge on any atom is 0.244 e. The maximum absolute atomic E-state index is 13.1. The topological polar surface area (TPSA) is 62.3 Å². The lowest BCUT2D eigenvalue weighted by Gasteiger charge is -2.31. The van der Waals surface area contributed by atoms with E-state index < -0.39 is 15.8 Å². The van der Waals surface area contributed by atoms with E-state index in [-0.39, 0.29) is 4.90 Å². The molecular formula is C14H22FN3O2S. The van der Waals surface area contributed by atoms with Gasteiger partial charge in [-0.05, 0) is 44.3 Å². The zero-order valence-corrected chi connectivity index (χ0v) is 13.1. The van der Waals surface area contributed by atoms with E-state index in [1.54, 1.807) is 0 Å². The van der Waals surface area contributed by atoms with Crippen molar-refractivity contribution in [2.45, 2.75) is 31.1 Å². The Labute approximate surface area is 125 Å². The van der Waals surface area contributed by atoms with Crippen LogP contribution in [0.4, 0.5) is 4.39 Å². The molecule has 21 heavy (non-hydrogen) atoms. The van der Waals surface area contributed by atoms with Gasteiger partial charge in [0.2, 0.25) is 10.0 Å². The van der Waals surface area contributed by atoms with E-state index in [0.717, 1.165) is 44.6 Å². The molecule has 0 amide bonds. The predicted molar refractivity (Wildman–Crippen MR) is 78.8 cm³/mol. The molecule has 1 aliphatic heterocycles. The van der Waals surface area contributed by atoms with Gasteiger partial charge in [-0.15, -0.1) is 0 Å². The first-order chi connectivity index (χ1) is 10.0. The van der Waals surface area contributed by atoms with E-state index in [4.69, 9.17) is 0 Å². The molecule has 7 heteroatoms. The van der Waals surface area contributed by atoms with E-state index in [9.17, 15) is 12.8 Å². The summed E-state index contributed by atoms with van der Waals surface area (Å²) in [5, 5.41) is 3.37. The molecule has 0 spiro atoms. The van der Waals surface area contributed by atoms with Gasteiger partial charge < -0.3 is 5.32 Å². The van der Waals surface area contributed by atoms with Crippen LogP contribution in [0, 0.1) is 11.7 Å². The van der Waals surface area contributed by atoms with E-state index in [1.165, 1.54) is 10.5 Å². The van der Waals surface area contributed by atoms with Crippen LogP contribution < -0.4 is 5.32 Å². The highest BCUT2D eigenvalue weighted by Gasteiger charge is 2.29. The van der Waals surface area contributed by atoms with Crippen LogP contribution in [0.25, 0.3) is 0 Å². The number of nitrogens with one attached hydrogen (secondary N) is 1. The van der Waals surface area contributed by atoms with Crippen LogP contribution in [0.5, 0.6) is 0 Å². The van der Waals surface area contributed by atoms with E-state index in [2.05, 4.69) is 17.2 Å². The molecule has 0 unspecified atom stereocenters. The minimum absolute atomic E-state index is 0.0648. The number of rotatable bonds is 6. The first kappa shape index (κ1) is 16.3. The summed E-state index contributed by atoms with van der Waals surface area (Å²) < 4.78 is 39.4. The summed E-state index contributed by atoms with van der Waals surface area (Å²) in [6.07, 6.45) is 4.97. The molecule has 5 nitrogen and oxygen atoms in total. The SMILES string of the molecule is CCCNCC1CCN(S(=O)(=O)c2cncc(F)c2)CC1. The molecule has 1 fully saturated rings. The number of hydrogen-bond donors (Lipinski definition) is 1.